The monoisotopic (exact) mass is 463 g/mol. The molecule has 2 N–H and O–H groups in total. The van der Waals surface area contributed by atoms with Crippen LogP contribution in [0.25, 0.3) is 0 Å². The van der Waals surface area contributed by atoms with Gasteiger partial charge in [-0.15, -0.1) is 0 Å². The Morgan fingerprint density at radius 3 is 2.33 bits per heavy atom. The molecule has 3 aromatic rings. The van der Waals surface area contributed by atoms with Crippen molar-refractivity contribution in [3.8, 4) is 5.75 Å². The van der Waals surface area contributed by atoms with Crippen LogP contribution in [0.15, 0.2) is 78.9 Å². The minimum Gasteiger partial charge on any atom is -0.488 e. The molecule has 0 radical (unpaired) electrons. The van der Waals surface area contributed by atoms with Crippen LogP contribution in [0.1, 0.15) is 28.8 Å². The number of piperidine rings is 1. The summed E-state index contributed by atoms with van der Waals surface area (Å²) in [7, 11) is 0. The molecule has 1 saturated heterocycles. The first-order chi connectivity index (χ1) is 16.1. The largest absolute Gasteiger partial charge is 0.488 e. The van der Waals surface area contributed by atoms with Crippen LogP contribution in [-0.4, -0.2) is 36.0 Å². The predicted molar refractivity (Wildman–Crippen MR) is 130 cm³/mol. The molecule has 0 saturated carbocycles. The van der Waals surface area contributed by atoms with Gasteiger partial charge in [0, 0.05) is 35.4 Å². The molecule has 7 heteroatoms. The zero-order valence-electron chi connectivity index (χ0n) is 18.2. The fraction of sp³-hybridized carbons (Fsp3) is 0.231. The molecule has 1 heterocycles. The summed E-state index contributed by atoms with van der Waals surface area (Å²) in [6.07, 6.45) is 1.38. The van der Waals surface area contributed by atoms with Gasteiger partial charge in [-0.1, -0.05) is 60.1 Å². The van der Waals surface area contributed by atoms with Crippen LogP contribution >= 0.6 is 11.6 Å². The number of hydrogen-bond acceptors (Lipinski definition) is 3. The van der Waals surface area contributed by atoms with Crippen molar-refractivity contribution in [3.63, 3.8) is 0 Å². The van der Waals surface area contributed by atoms with Gasteiger partial charge in [0.05, 0.1) is 5.56 Å². The maximum atomic E-state index is 13.2. The summed E-state index contributed by atoms with van der Waals surface area (Å²) in [5.41, 5.74) is 2.14. The van der Waals surface area contributed by atoms with Gasteiger partial charge in [0.25, 0.3) is 5.91 Å². The first-order valence-corrected chi connectivity index (χ1v) is 11.3. The molecular weight excluding hydrogens is 438 g/mol. The van der Waals surface area contributed by atoms with E-state index in [0.717, 1.165) is 11.3 Å². The lowest BCUT2D eigenvalue weighted by Gasteiger charge is -2.32. The Labute approximate surface area is 198 Å². The van der Waals surface area contributed by atoms with Crippen LogP contribution < -0.4 is 15.4 Å². The van der Waals surface area contributed by atoms with E-state index >= 15 is 0 Å². The molecular formula is C26H26ClN3O3. The number of likely N-dealkylation sites (tertiary alicyclic amines) is 1. The lowest BCUT2D eigenvalue weighted by molar-refractivity contribution is 0.0704. The van der Waals surface area contributed by atoms with Gasteiger partial charge in [0.15, 0.2) is 0 Å². The topological polar surface area (TPSA) is 70.7 Å². The van der Waals surface area contributed by atoms with Gasteiger partial charge < -0.3 is 20.3 Å². The lowest BCUT2D eigenvalue weighted by Crippen LogP contribution is -2.47. The Hall–Kier alpha value is -3.51. The number of benzene rings is 3. The van der Waals surface area contributed by atoms with Crippen LogP contribution in [-0.2, 0) is 6.61 Å². The molecule has 1 fully saturated rings. The number of carbonyl (C=O) groups excluding carboxylic acids is 2. The third-order valence-electron chi connectivity index (χ3n) is 5.61. The van der Waals surface area contributed by atoms with Crippen molar-refractivity contribution < 1.29 is 14.3 Å². The van der Waals surface area contributed by atoms with Crippen LogP contribution in [0.4, 0.5) is 10.5 Å². The number of carbonyl (C=O) groups is 2. The molecule has 4 rings (SSSR count). The number of urea groups is 1. The average molecular weight is 464 g/mol. The summed E-state index contributed by atoms with van der Waals surface area (Å²) in [4.78, 5) is 27.2. The van der Waals surface area contributed by atoms with Crippen LogP contribution in [0.3, 0.4) is 0 Å². The number of hydrogen-bond donors (Lipinski definition) is 2. The summed E-state index contributed by atoms with van der Waals surface area (Å²) in [6, 6.07) is 23.8. The molecule has 3 aromatic carbocycles. The number of ether oxygens (including phenoxy) is 1. The number of rotatable bonds is 6. The van der Waals surface area contributed by atoms with E-state index in [1.165, 1.54) is 0 Å². The molecule has 0 aliphatic carbocycles. The Balaban J connectivity index is 1.31. The minimum atomic E-state index is -0.232. The summed E-state index contributed by atoms with van der Waals surface area (Å²) in [5.74, 6) is 0.460. The normalized spacial score (nSPS) is 13.9. The smallest absolute Gasteiger partial charge is 0.319 e. The molecule has 170 valence electrons. The minimum absolute atomic E-state index is 0.0180. The van der Waals surface area contributed by atoms with E-state index in [2.05, 4.69) is 10.6 Å². The molecule has 0 atom stereocenters. The predicted octanol–water partition coefficient (Wildman–Crippen LogP) is 5.35. The summed E-state index contributed by atoms with van der Waals surface area (Å²) < 4.78 is 5.95. The molecule has 0 unspecified atom stereocenters. The number of nitrogens with zero attached hydrogens (tertiary/aromatic N) is 1. The van der Waals surface area contributed by atoms with Gasteiger partial charge in [-0.3, -0.25) is 4.79 Å². The van der Waals surface area contributed by atoms with E-state index in [1.54, 1.807) is 12.1 Å². The maximum Gasteiger partial charge on any atom is 0.319 e. The molecule has 3 amide bonds. The molecule has 1 aliphatic heterocycles. The maximum absolute atomic E-state index is 13.2. The standard InChI is InChI=1S/C26H26ClN3O3/c27-23-12-6-4-8-19(23)18-33-24-13-7-5-11-22(24)25(31)30-16-14-21(15-17-30)29-26(32)28-20-9-2-1-3-10-20/h1-13,21H,14-18H2,(H2,28,29,32). The molecule has 6 nitrogen and oxygen atoms in total. The number of halogens is 1. The van der Waals surface area contributed by atoms with E-state index in [-0.39, 0.29) is 24.6 Å². The van der Waals surface area contributed by atoms with Crippen molar-refractivity contribution in [2.45, 2.75) is 25.5 Å². The first-order valence-electron chi connectivity index (χ1n) is 11.0. The van der Waals surface area contributed by atoms with Gasteiger partial charge in [0.1, 0.15) is 12.4 Å². The van der Waals surface area contributed by atoms with Crippen molar-refractivity contribution in [2.24, 2.45) is 0 Å². The highest BCUT2D eigenvalue weighted by atomic mass is 35.5. The summed E-state index contributed by atoms with van der Waals surface area (Å²) >= 11 is 6.22. The third-order valence-corrected chi connectivity index (χ3v) is 5.98. The second-order valence-electron chi connectivity index (χ2n) is 7.91. The molecule has 0 spiro atoms. The van der Waals surface area contributed by atoms with Crippen molar-refractivity contribution in [1.29, 1.82) is 0 Å². The zero-order chi connectivity index (χ0) is 23.0. The first kappa shape index (κ1) is 22.7. The van der Waals surface area contributed by atoms with Gasteiger partial charge in [-0.25, -0.2) is 4.79 Å². The quantitative estimate of drug-likeness (QED) is 0.518. The Kier molecular flexibility index (Phi) is 7.47. The van der Waals surface area contributed by atoms with E-state index in [1.807, 2.05) is 71.6 Å². The van der Waals surface area contributed by atoms with E-state index < -0.39 is 0 Å². The van der Waals surface area contributed by atoms with Gasteiger partial charge in [-0.05, 0) is 43.2 Å². The van der Waals surface area contributed by atoms with Gasteiger partial charge >= 0.3 is 6.03 Å². The third kappa shape index (κ3) is 6.05. The average Bonchev–Trinajstić information content (AvgIpc) is 2.84. The lowest BCUT2D eigenvalue weighted by atomic mass is 10.0. The van der Waals surface area contributed by atoms with Crippen molar-refractivity contribution >= 4 is 29.2 Å². The van der Waals surface area contributed by atoms with Crippen LogP contribution in [0.5, 0.6) is 5.75 Å². The molecule has 0 bridgehead atoms. The Morgan fingerprint density at radius 2 is 1.58 bits per heavy atom. The van der Waals surface area contributed by atoms with Gasteiger partial charge in [-0.2, -0.15) is 0 Å². The number of nitrogens with one attached hydrogen (secondary N) is 2. The Morgan fingerprint density at radius 1 is 0.909 bits per heavy atom. The molecule has 33 heavy (non-hydrogen) atoms. The van der Waals surface area contributed by atoms with E-state index in [9.17, 15) is 9.59 Å². The van der Waals surface area contributed by atoms with Crippen molar-refractivity contribution in [1.82, 2.24) is 10.2 Å². The Bertz CT molecular complexity index is 1100. The zero-order valence-corrected chi connectivity index (χ0v) is 18.9. The highest BCUT2D eigenvalue weighted by molar-refractivity contribution is 6.31. The second-order valence-corrected chi connectivity index (χ2v) is 8.31. The SMILES string of the molecule is O=C(Nc1ccccc1)NC1CCN(C(=O)c2ccccc2OCc2ccccc2Cl)CC1. The van der Waals surface area contributed by atoms with Crippen LogP contribution in [0, 0.1) is 0 Å². The summed E-state index contributed by atoms with van der Waals surface area (Å²) in [6.45, 7) is 1.41. The number of anilines is 1. The second kappa shape index (κ2) is 10.9. The van der Waals surface area contributed by atoms with Crippen LogP contribution in [0.2, 0.25) is 5.02 Å². The van der Waals surface area contributed by atoms with E-state index in [0.29, 0.717) is 42.3 Å². The highest BCUT2D eigenvalue weighted by Gasteiger charge is 2.26. The molecule has 1 aliphatic rings. The number of para-hydroxylation sites is 2. The van der Waals surface area contributed by atoms with Gasteiger partial charge in [0.2, 0.25) is 0 Å². The fourth-order valence-electron chi connectivity index (χ4n) is 3.81. The highest BCUT2D eigenvalue weighted by Crippen LogP contribution is 2.24. The number of amides is 3. The van der Waals surface area contributed by atoms with E-state index in [4.69, 9.17) is 16.3 Å². The fourth-order valence-corrected chi connectivity index (χ4v) is 4.00. The van der Waals surface area contributed by atoms with Crippen molar-refractivity contribution in [3.05, 3.63) is 95.0 Å². The van der Waals surface area contributed by atoms with Crippen molar-refractivity contribution in [2.75, 3.05) is 18.4 Å². The molecule has 0 aromatic heterocycles. The summed E-state index contributed by atoms with van der Waals surface area (Å²) in [5, 5.41) is 6.46.